The minimum Gasteiger partial charge on any atom is -0.345 e. The Hall–Kier alpha value is -2.59. The Morgan fingerprint density at radius 1 is 1.07 bits per heavy atom. The lowest BCUT2D eigenvalue weighted by atomic mass is 10.1. The predicted molar refractivity (Wildman–Crippen MR) is 111 cm³/mol. The standard InChI is InChI=1S/C23H24ClFN2O/c1-17(2)14-27(23(28)18-9-11-20(25)12-10-18)16-21-7-5-13-26(21)15-19-6-3-4-8-22(19)24/h3-13,17H,14-16H2,1-2H3. The molecule has 0 fully saturated rings. The summed E-state index contributed by atoms with van der Waals surface area (Å²) < 4.78 is 15.3. The van der Waals surface area contributed by atoms with Crippen molar-refractivity contribution in [2.24, 2.45) is 5.92 Å². The number of benzene rings is 2. The van der Waals surface area contributed by atoms with E-state index in [4.69, 9.17) is 11.6 Å². The average molecular weight is 399 g/mol. The van der Waals surface area contributed by atoms with Crippen LogP contribution < -0.4 is 0 Å². The molecule has 2 aromatic carbocycles. The van der Waals surface area contributed by atoms with Gasteiger partial charge in [0.15, 0.2) is 0 Å². The summed E-state index contributed by atoms with van der Waals surface area (Å²) in [5, 5.41) is 0.726. The molecular weight excluding hydrogens is 375 g/mol. The lowest BCUT2D eigenvalue weighted by Crippen LogP contribution is -2.34. The summed E-state index contributed by atoms with van der Waals surface area (Å²) in [6.45, 7) is 5.89. The second-order valence-corrected chi connectivity index (χ2v) is 7.71. The smallest absolute Gasteiger partial charge is 0.254 e. The highest BCUT2D eigenvalue weighted by Crippen LogP contribution is 2.19. The quantitative estimate of drug-likeness (QED) is 0.506. The molecule has 0 radical (unpaired) electrons. The molecule has 146 valence electrons. The van der Waals surface area contributed by atoms with Gasteiger partial charge in [0.2, 0.25) is 0 Å². The minimum atomic E-state index is -0.347. The van der Waals surface area contributed by atoms with Crippen molar-refractivity contribution in [3.8, 4) is 0 Å². The highest BCUT2D eigenvalue weighted by atomic mass is 35.5. The van der Waals surface area contributed by atoms with Gasteiger partial charge in [0.25, 0.3) is 5.91 Å². The van der Waals surface area contributed by atoms with E-state index >= 15 is 0 Å². The number of hydrogen-bond donors (Lipinski definition) is 0. The first-order valence-electron chi connectivity index (χ1n) is 9.36. The zero-order chi connectivity index (χ0) is 20.1. The Bertz CT molecular complexity index is 934. The molecule has 3 nitrogen and oxygen atoms in total. The van der Waals surface area contributed by atoms with Gasteiger partial charge in [-0.1, -0.05) is 43.6 Å². The van der Waals surface area contributed by atoms with Crippen LogP contribution in [0.1, 0.15) is 35.5 Å². The molecule has 3 aromatic rings. The molecule has 0 bridgehead atoms. The topological polar surface area (TPSA) is 25.2 Å². The normalized spacial score (nSPS) is 11.0. The fourth-order valence-corrected chi connectivity index (χ4v) is 3.38. The molecule has 0 aliphatic rings. The third-order valence-corrected chi connectivity index (χ3v) is 4.91. The number of rotatable bonds is 7. The summed E-state index contributed by atoms with van der Waals surface area (Å²) in [5.74, 6) is -0.129. The van der Waals surface area contributed by atoms with Gasteiger partial charge in [-0.05, 0) is 53.9 Å². The molecule has 1 aromatic heterocycles. The van der Waals surface area contributed by atoms with E-state index in [1.165, 1.54) is 24.3 Å². The van der Waals surface area contributed by atoms with E-state index in [0.29, 0.717) is 31.1 Å². The van der Waals surface area contributed by atoms with Crippen molar-refractivity contribution in [2.75, 3.05) is 6.54 Å². The number of carbonyl (C=O) groups excluding carboxylic acids is 1. The molecule has 1 heterocycles. The van der Waals surface area contributed by atoms with E-state index < -0.39 is 0 Å². The van der Waals surface area contributed by atoms with Crippen LogP contribution in [0.5, 0.6) is 0 Å². The molecule has 0 N–H and O–H groups in total. The number of hydrogen-bond acceptors (Lipinski definition) is 1. The van der Waals surface area contributed by atoms with Gasteiger partial charge in [0.05, 0.1) is 6.54 Å². The van der Waals surface area contributed by atoms with Gasteiger partial charge in [-0.25, -0.2) is 4.39 Å². The second kappa shape index (κ2) is 9.07. The summed E-state index contributed by atoms with van der Waals surface area (Å²) in [7, 11) is 0. The van der Waals surface area contributed by atoms with Crippen LogP contribution in [0.3, 0.4) is 0 Å². The van der Waals surface area contributed by atoms with E-state index in [1.807, 2.05) is 47.5 Å². The molecule has 0 saturated heterocycles. The van der Waals surface area contributed by atoms with E-state index in [-0.39, 0.29) is 11.7 Å². The molecule has 0 spiro atoms. The maximum atomic E-state index is 13.2. The number of nitrogens with zero attached hydrogens (tertiary/aromatic N) is 2. The van der Waals surface area contributed by atoms with Gasteiger partial charge in [-0.3, -0.25) is 4.79 Å². The number of aromatic nitrogens is 1. The molecule has 3 rings (SSSR count). The Morgan fingerprint density at radius 2 is 1.79 bits per heavy atom. The SMILES string of the molecule is CC(C)CN(Cc1cccn1Cc1ccccc1Cl)C(=O)c1ccc(F)cc1. The largest absolute Gasteiger partial charge is 0.345 e. The second-order valence-electron chi connectivity index (χ2n) is 7.31. The number of amides is 1. The van der Waals surface area contributed by atoms with E-state index in [2.05, 4.69) is 18.4 Å². The van der Waals surface area contributed by atoms with Crippen LogP contribution in [0.15, 0.2) is 66.9 Å². The molecule has 0 unspecified atom stereocenters. The Kier molecular flexibility index (Phi) is 6.53. The summed E-state index contributed by atoms with van der Waals surface area (Å²) in [4.78, 5) is 14.8. The predicted octanol–water partition coefficient (Wildman–Crippen LogP) is 5.63. The first-order chi connectivity index (χ1) is 13.4. The van der Waals surface area contributed by atoms with E-state index in [0.717, 1.165) is 16.3 Å². The van der Waals surface area contributed by atoms with E-state index in [9.17, 15) is 9.18 Å². The van der Waals surface area contributed by atoms with Crippen molar-refractivity contribution in [2.45, 2.75) is 26.9 Å². The Morgan fingerprint density at radius 3 is 2.46 bits per heavy atom. The maximum absolute atomic E-state index is 13.2. The number of carbonyl (C=O) groups is 1. The van der Waals surface area contributed by atoms with Crippen LogP contribution in [0.2, 0.25) is 5.02 Å². The Labute approximate surface area is 170 Å². The molecule has 5 heteroatoms. The molecule has 0 saturated carbocycles. The average Bonchev–Trinajstić information content (AvgIpc) is 3.09. The van der Waals surface area contributed by atoms with Crippen molar-refractivity contribution in [3.63, 3.8) is 0 Å². The van der Waals surface area contributed by atoms with Crippen LogP contribution in [-0.4, -0.2) is 21.9 Å². The van der Waals surface area contributed by atoms with Crippen LogP contribution in [0, 0.1) is 11.7 Å². The van der Waals surface area contributed by atoms with Crippen molar-refractivity contribution in [1.29, 1.82) is 0 Å². The summed E-state index contributed by atoms with van der Waals surface area (Å²) in [5.41, 5.74) is 2.55. The lowest BCUT2D eigenvalue weighted by Gasteiger charge is -2.25. The first-order valence-corrected chi connectivity index (χ1v) is 9.74. The zero-order valence-corrected chi connectivity index (χ0v) is 16.9. The Balaban J connectivity index is 1.82. The van der Waals surface area contributed by atoms with Crippen LogP contribution >= 0.6 is 11.6 Å². The zero-order valence-electron chi connectivity index (χ0n) is 16.1. The summed E-state index contributed by atoms with van der Waals surface area (Å²) in [6.07, 6.45) is 1.99. The summed E-state index contributed by atoms with van der Waals surface area (Å²) >= 11 is 6.30. The molecule has 0 atom stereocenters. The van der Waals surface area contributed by atoms with Crippen LogP contribution in [0.4, 0.5) is 4.39 Å². The van der Waals surface area contributed by atoms with Gasteiger partial charge < -0.3 is 9.47 Å². The van der Waals surface area contributed by atoms with Gasteiger partial charge in [0, 0.05) is 35.6 Å². The number of halogens is 2. The van der Waals surface area contributed by atoms with Gasteiger partial charge in [0.1, 0.15) is 5.82 Å². The van der Waals surface area contributed by atoms with Crippen molar-refractivity contribution < 1.29 is 9.18 Å². The van der Waals surface area contributed by atoms with Gasteiger partial charge in [-0.2, -0.15) is 0 Å². The van der Waals surface area contributed by atoms with Crippen LogP contribution in [0.25, 0.3) is 0 Å². The van der Waals surface area contributed by atoms with E-state index in [1.54, 1.807) is 0 Å². The molecule has 0 aliphatic carbocycles. The fourth-order valence-electron chi connectivity index (χ4n) is 3.19. The third kappa shape index (κ3) is 5.02. The van der Waals surface area contributed by atoms with Crippen molar-refractivity contribution in [3.05, 3.63) is 94.5 Å². The summed E-state index contributed by atoms with van der Waals surface area (Å²) in [6, 6.07) is 17.5. The third-order valence-electron chi connectivity index (χ3n) is 4.54. The fraction of sp³-hybridized carbons (Fsp3) is 0.261. The molecule has 0 aliphatic heterocycles. The maximum Gasteiger partial charge on any atom is 0.254 e. The molecular formula is C23H24ClFN2O. The molecule has 28 heavy (non-hydrogen) atoms. The highest BCUT2D eigenvalue weighted by molar-refractivity contribution is 6.31. The van der Waals surface area contributed by atoms with Gasteiger partial charge >= 0.3 is 0 Å². The monoisotopic (exact) mass is 398 g/mol. The lowest BCUT2D eigenvalue weighted by molar-refractivity contribution is 0.0718. The molecule has 1 amide bonds. The highest BCUT2D eigenvalue weighted by Gasteiger charge is 2.19. The van der Waals surface area contributed by atoms with Crippen molar-refractivity contribution >= 4 is 17.5 Å². The van der Waals surface area contributed by atoms with Gasteiger partial charge in [-0.15, -0.1) is 0 Å². The first kappa shape index (κ1) is 20.2. The minimum absolute atomic E-state index is 0.0980. The van der Waals surface area contributed by atoms with Crippen molar-refractivity contribution in [1.82, 2.24) is 9.47 Å². The van der Waals surface area contributed by atoms with Crippen LogP contribution in [-0.2, 0) is 13.1 Å².